The SMILES string of the molecule is CC(C)N(C(C)C)C1C[SH+]1. The van der Waals surface area contributed by atoms with Crippen LogP contribution in [0.5, 0.6) is 0 Å². The maximum absolute atomic E-state index is 2.60. The van der Waals surface area contributed by atoms with Crippen molar-refractivity contribution in [1.29, 1.82) is 0 Å². The first kappa shape index (κ1) is 8.41. The Labute approximate surface area is 68.2 Å². The van der Waals surface area contributed by atoms with Crippen LogP contribution in [0.4, 0.5) is 0 Å². The average molecular weight is 160 g/mol. The Morgan fingerprint density at radius 1 is 1.20 bits per heavy atom. The summed E-state index contributed by atoms with van der Waals surface area (Å²) < 4.78 is 0. The van der Waals surface area contributed by atoms with Crippen molar-refractivity contribution >= 4 is 11.8 Å². The van der Waals surface area contributed by atoms with Crippen molar-refractivity contribution < 1.29 is 0 Å². The van der Waals surface area contributed by atoms with E-state index in [1.54, 1.807) is 11.8 Å². The second kappa shape index (κ2) is 3.14. The average Bonchev–Trinajstić information content (AvgIpc) is 2.46. The Kier molecular flexibility index (Phi) is 2.64. The molecule has 2 heteroatoms. The molecule has 0 bridgehead atoms. The molecule has 1 saturated heterocycles. The fraction of sp³-hybridized carbons (Fsp3) is 1.00. The number of hydrogen-bond donors (Lipinski definition) is 0. The van der Waals surface area contributed by atoms with E-state index in [0.29, 0.717) is 0 Å². The summed E-state index contributed by atoms with van der Waals surface area (Å²) in [5, 5.41) is 0.889. The number of hydrogen-bond acceptors (Lipinski definition) is 1. The van der Waals surface area contributed by atoms with Crippen LogP contribution in [-0.2, 0) is 11.8 Å². The molecule has 0 radical (unpaired) electrons. The molecule has 1 aliphatic rings. The normalized spacial score (nSPS) is 24.9. The zero-order valence-electron chi connectivity index (χ0n) is 7.33. The Morgan fingerprint density at radius 3 is 1.70 bits per heavy atom. The van der Waals surface area contributed by atoms with Crippen LogP contribution in [0.1, 0.15) is 27.7 Å². The summed E-state index contributed by atoms with van der Waals surface area (Å²) in [6, 6.07) is 1.44. The summed E-state index contributed by atoms with van der Waals surface area (Å²) in [7, 11) is 0. The van der Waals surface area contributed by atoms with Gasteiger partial charge in [0.05, 0.1) is 0 Å². The maximum atomic E-state index is 2.60. The molecule has 0 N–H and O–H groups in total. The molecule has 1 heterocycles. The van der Waals surface area contributed by atoms with Gasteiger partial charge in [-0.05, 0) is 27.7 Å². The summed E-state index contributed by atoms with van der Waals surface area (Å²) in [5.74, 6) is 1.40. The lowest BCUT2D eigenvalue weighted by Gasteiger charge is -2.25. The highest BCUT2D eigenvalue weighted by atomic mass is 32.2. The molecule has 1 fully saturated rings. The molecule has 1 rings (SSSR count). The lowest BCUT2D eigenvalue weighted by atomic mass is 10.2. The highest BCUT2D eigenvalue weighted by molar-refractivity contribution is 7.86. The Morgan fingerprint density at radius 2 is 1.60 bits per heavy atom. The molecule has 0 aliphatic carbocycles. The summed E-state index contributed by atoms with van der Waals surface area (Å²) in [6.07, 6.45) is 0. The molecule has 10 heavy (non-hydrogen) atoms. The zero-order valence-corrected chi connectivity index (χ0v) is 8.23. The van der Waals surface area contributed by atoms with E-state index in [1.165, 1.54) is 5.75 Å². The van der Waals surface area contributed by atoms with E-state index < -0.39 is 0 Å². The molecule has 0 amide bonds. The van der Waals surface area contributed by atoms with Crippen molar-refractivity contribution in [3.05, 3.63) is 0 Å². The summed E-state index contributed by atoms with van der Waals surface area (Å²) in [6.45, 7) is 9.14. The topological polar surface area (TPSA) is 3.24 Å². The third-order valence-electron chi connectivity index (χ3n) is 1.88. The highest BCUT2D eigenvalue weighted by Crippen LogP contribution is 2.21. The predicted molar refractivity (Wildman–Crippen MR) is 49.5 cm³/mol. The lowest BCUT2D eigenvalue weighted by Crippen LogP contribution is -2.39. The molecule has 0 spiro atoms. The molecule has 0 aromatic heterocycles. The van der Waals surface area contributed by atoms with Crippen LogP contribution in [0.25, 0.3) is 0 Å². The van der Waals surface area contributed by atoms with Gasteiger partial charge in [0.2, 0.25) is 5.37 Å². The van der Waals surface area contributed by atoms with E-state index in [2.05, 4.69) is 32.6 Å². The van der Waals surface area contributed by atoms with Gasteiger partial charge in [-0.15, -0.1) is 0 Å². The minimum atomic E-state index is 0.722. The molecular formula is C8H18NS+. The third-order valence-corrected chi connectivity index (χ3v) is 2.84. The molecule has 60 valence electrons. The van der Waals surface area contributed by atoms with Crippen molar-refractivity contribution in [1.82, 2.24) is 4.90 Å². The van der Waals surface area contributed by atoms with E-state index >= 15 is 0 Å². The van der Waals surface area contributed by atoms with Crippen LogP contribution in [0, 0.1) is 0 Å². The number of thiol groups is 1. The van der Waals surface area contributed by atoms with Gasteiger partial charge < -0.3 is 0 Å². The van der Waals surface area contributed by atoms with Crippen LogP contribution in [-0.4, -0.2) is 28.1 Å². The van der Waals surface area contributed by atoms with Gasteiger partial charge in [0.1, 0.15) is 0 Å². The van der Waals surface area contributed by atoms with Gasteiger partial charge in [-0.3, -0.25) is 0 Å². The third kappa shape index (κ3) is 1.89. The standard InChI is InChI=1S/C8H17NS/c1-6(2)9(7(3)4)8-5-10-8/h6-8H,5H2,1-4H3/p+1. The number of nitrogens with zero attached hydrogens (tertiary/aromatic N) is 1. The minimum Gasteiger partial charge on any atom is -0.250 e. The molecular weight excluding hydrogens is 142 g/mol. The van der Waals surface area contributed by atoms with Crippen molar-refractivity contribution in [3.8, 4) is 0 Å². The Bertz CT molecular complexity index is 97.1. The quantitative estimate of drug-likeness (QED) is 0.341. The Hall–Kier alpha value is 0.310. The smallest absolute Gasteiger partial charge is 0.215 e. The van der Waals surface area contributed by atoms with E-state index in [1.807, 2.05) is 0 Å². The lowest BCUT2D eigenvalue weighted by molar-refractivity contribution is 0.182. The van der Waals surface area contributed by atoms with E-state index in [-0.39, 0.29) is 0 Å². The summed E-state index contributed by atoms with van der Waals surface area (Å²) in [5.41, 5.74) is 0. The molecule has 1 unspecified atom stereocenters. The molecule has 1 aliphatic heterocycles. The minimum absolute atomic E-state index is 0.722. The van der Waals surface area contributed by atoms with Gasteiger partial charge in [-0.2, -0.15) is 0 Å². The van der Waals surface area contributed by atoms with Gasteiger partial charge in [-0.1, -0.05) is 0 Å². The van der Waals surface area contributed by atoms with Gasteiger partial charge >= 0.3 is 0 Å². The van der Waals surface area contributed by atoms with Gasteiger partial charge in [0, 0.05) is 23.8 Å². The second-order valence-corrected chi connectivity index (χ2v) is 4.81. The summed E-state index contributed by atoms with van der Waals surface area (Å²) in [4.78, 5) is 2.60. The highest BCUT2D eigenvalue weighted by Gasteiger charge is 2.42. The van der Waals surface area contributed by atoms with Crippen molar-refractivity contribution in [2.75, 3.05) is 5.75 Å². The second-order valence-electron chi connectivity index (χ2n) is 3.48. The van der Waals surface area contributed by atoms with Crippen molar-refractivity contribution in [3.63, 3.8) is 0 Å². The van der Waals surface area contributed by atoms with E-state index in [0.717, 1.165) is 17.5 Å². The van der Waals surface area contributed by atoms with Crippen LogP contribution in [0.3, 0.4) is 0 Å². The predicted octanol–water partition coefficient (Wildman–Crippen LogP) is 1.26. The zero-order chi connectivity index (χ0) is 7.72. The molecule has 0 saturated carbocycles. The fourth-order valence-electron chi connectivity index (χ4n) is 1.52. The molecule has 1 atom stereocenters. The first-order valence-electron chi connectivity index (χ1n) is 4.07. The monoisotopic (exact) mass is 160 g/mol. The van der Waals surface area contributed by atoms with Gasteiger partial charge in [0.25, 0.3) is 0 Å². The maximum Gasteiger partial charge on any atom is 0.215 e. The van der Waals surface area contributed by atoms with E-state index in [4.69, 9.17) is 0 Å². The fourth-order valence-corrected chi connectivity index (χ4v) is 2.53. The number of rotatable bonds is 3. The van der Waals surface area contributed by atoms with Crippen LogP contribution in [0.2, 0.25) is 0 Å². The van der Waals surface area contributed by atoms with Crippen molar-refractivity contribution in [2.45, 2.75) is 45.2 Å². The van der Waals surface area contributed by atoms with Crippen LogP contribution in [0.15, 0.2) is 0 Å². The molecule has 0 aromatic rings. The first-order valence-corrected chi connectivity index (χ1v) is 5.22. The van der Waals surface area contributed by atoms with Crippen LogP contribution < -0.4 is 0 Å². The largest absolute Gasteiger partial charge is 0.250 e. The van der Waals surface area contributed by atoms with Crippen molar-refractivity contribution in [2.24, 2.45) is 0 Å². The molecule has 1 nitrogen and oxygen atoms in total. The van der Waals surface area contributed by atoms with E-state index in [9.17, 15) is 0 Å². The first-order chi connectivity index (χ1) is 4.63. The van der Waals surface area contributed by atoms with Gasteiger partial charge in [0.15, 0.2) is 5.75 Å². The van der Waals surface area contributed by atoms with Crippen LogP contribution >= 0.6 is 0 Å². The summed E-state index contributed by atoms with van der Waals surface area (Å²) >= 11 is 1.64. The van der Waals surface area contributed by atoms with Gasteiger partial charge in [-0.25, -0.2) is 4.90 Å². The Balaban J connectivity index is 2.41. The molecule has 0 aromatic carbocycles.